The summed E-state index contributed by atoms with van der Waals surface area (Å²) in [6, 6.07) is 9.12. The fourth-order valence-electron chi connectivity index (χ4n) is 2.74. The first-order chi connectivity index (χ1) is 11.5. The van der Waals surface area contributed by atoms with E-state index in [1.54, 1.807) is 30.1 Å². The van der Waals surface area contributed by atoms with E-state index >= 15 is 0 Å². The summed E-state index contributed by atoms with van der Waals surface area (Å²) in [7, 11) is 3.03. The summed E-state index contributed by atoms with van der Waals surface area (Å²) in [5, 5.41) is 0. The second-order valence-electron chi connectivity index (χ2n) is 5.71. The van der Waals surface area contributed by atoms with Crippen LogP contribution in [0.2, 0.25) is 0 Å². The fourth-order valence-corrected chi connectivity index (χ4v) is 2.74. The van der Waals surface area contributed by atoms with Gasteiger partial charge in [-0.1, -0.05) is 30.3 Å². The summed E-state index contributed by atoms with van der Waals surface area (Å²) in [5.74, 6) is 0.0697. The van der Waals surface area contributed by atoms with Crippen molar-refractivity contribution in [2.45, 2.75) is 19.4 Å². The smallest absolute Gasteiger partial charge is 0.325 e. The Labute approximate surface area is 137 Å². The van der Waals surface area contributed by atoms with Crippen molar-refractivity contribution in [1.82, 2.24) is 18.7 Å². The normalized spacial score (nSPS) is 11.1. The van der Waals surface area contributed by atoms with E-state index in [0.29, 0.717) is 36.1 Å². The average molecular weight is 326 g/mol. The quantitative estimate of drug-likeness (QED) is 0.658. The van der Waals surface area contributed by atoms with Gasteiger partial charge < -0.3 is 4.57 Å². The number of hydrogen-bond acceptors (Lipinski definition) is 4. The Hall–Kier alpha value is -2.96. The molecule has 0 saturated heterocycles. The van der Waals surface area contributed by atoms with Gasteiger partial charge in [-0.05, 0) is 6.42 Å². The minimum absolute atomic E-state index is 0.0697. The number of ketones is 1. The first-order valence-electron chi connectivity index (χ1n) is 7.70. The van der Waals surface area contributed by atoms with Gasteiger partial charge in [0.15, 0.2) is 16.9 Å². The van der Waals surface area contributed by atoms with Crippen LogP contribution in [-0.4, -0.2) is 24.5 Å². The van der Waals surface area contributed by atoms with Gasteiger partial charge in [0.2, 0.25) is 0 Å². The summed E-state index contributed by atoms with van der Waals surface area (Å²) >= 11 is 0. The molecule has 7 nitrogen and oxygen atoms in total. The van der Waals surface area contributed by atoms with Crippen molar-refractivity contribution in [3.05, 3.63) is 63.1 Å². The van der Waals surface area contributed by atoms with E-state index in [-0.39, 0.29) is 11.3 Å². The molecule has 1 aromatic carbocycles. The van der Waals surface area contributed by atoms with Gasteiger partial charge in [-0.3, -0.25) is 18.7 Å². The predicted octanol–water partition coefficient (Wildman–Crippen LogP) is 1.10. The molecule has 0 atom stereocenters. The molecule has 24 heavy (non-hydrogen) atoms. The molecule has 2 aromatic heterocycles. The van der Waals surface area contributed by atoms with Crippen LogP contribution in [0.15, 0.2) is 46.2 Å². The van der Waals surface area contributed by atoms with Crippen molar-refractivity contribution in [2.75, 3.05) is 0 Å². The molecule has 0 saturated carbocycles. The molecule has 0 spiro atoms. The van der Waals surface area contributed by atoms with Crippen LogP contribution in [0.5, 0.6) is 0 Å². The van der Waals surface area contributed by atoms with Crippen molar-refractivity contribution >= 4 is 16.9 Å². The molecule has 7 heteroatoms. The molecule has 2 heterocycles. The number of carbonyl (C=O) groups excluding carboxylic acids is 1. The molecular weight excluding hydrogens is 308 g/mol. The second-order valence-corrected chi connectivity index (χ2v) is 5.71. The highest BCUT2D eigenvalue weighted by Gasteiger charge is 2.14. The third kappa shape index (κ3) is 2.68. The van der Waals surface area contributed by atoms with Crippen LogP contribution in [0, 0.1) is 0 Å². The molecule has 0 amide bonds. The summed E-state index contributed by atoms with van der Waals surface area (Å²) < 4.78 is 4.12. The van der Waals surface area contributed by atoms with E-state index in [4.69, 9.17) is 0 Å². The van der Waals surface area contributed by atoms with Crippen molar-refractivity contribution in [2.24, 2.45) is 14.1 Å². The van der Waals surface area contributed by atoms with E-state index in [2.05, 4.69) is 4.98 Å². The highest BCUT2D eigenvalue weighted by Crippen LogP contribution is 2.09. The lowest BCUT2D eigenvalue weighted by molar-refractivity contribution is 0.0978. The third-order valence-corrected chi connectivity index (χ3v) is 4.12. The minimum atomic E-state index is -0.406. The van der Waals surface area contributed by atoms with Crippen molar-refractivity contribution < 1.29 is 4.79 Å². The number of aryl methyl sites for hydroxylation is 2. The van der Waals surface area contributed by atoms with Crippen molar-refractivity contribution in [3.63, 3.8) is 0 Å². The molecular formula is C17H18N4O3. The number of imidazole rings is 1. The van der Waals surface area contributed by atoms with E-state index in [1.807, 2.05) is 18.2 Å². The number of hydrogen-bond donors (Lipinski definition) is 0. The van der Waals surface area contributed by atoms with Crippen LogP contribution in [0.4, 0.5) is 0 Å². The summed E-state index contributed by atoms with van der Waals surface area (Å²) in [4.78, 5) is 40.5. The van der Waals surface area contributed by atoms with Gasteiger partial charge in [0.25, 0.3) is 5.56 Å². The molecule has 0 fully saturated rings. The molecule has 0 bridgehead atoms. The van der Waals surface area contributed by atoms with E-state index in [0.717, 1.165) is 4.57 Å². The van der Waals surface area contributed by atoms with E-state index in [9.17, 15) is 14.4 Å². The monoisotopic (exact) mass is 326 g/mol. The number of carbonyl (C=O) groups is 1. The number of aromatic nitrogens is 4. The number of fused-ring (bicyclic) bond motifs is 1. The van der Waals surface area contributed by atoms with Gasteiger partial charge in [-0.2, -0.15) is 0 Å². The van der Waals surface area contributed by atoms with Gasteiger partial charge in [0.1, 0.15) is 0 Å². The third-order valence-electron chi connectivity index (χ3n) is 4.12. The zero-order valence-corrected chi connectivity index (χ0v) is 13.6. The number of nitrogens with zero attached hydrogens (tertiary/aromatic N) is 4. The highest BCUT2D eigenvalue weighted by atomic mass is 16.2. The van der Waals surface area contributed by atoms with Gasteiger partial charge in [0.05, 0.1) is 6.33 Å². The zero-order chi connectivity index (χ0) is 17.3. The van der Waals surface area contributed by atoms with Crippen molar-refractivity contribution in [1.29, 1.82) is 0 Å². The Morgan fingerprint density at radius 3 is 2.50 bits per heavy atom. The lowest BCUT2D eigenvalue weighted by Gasteiger charge is -2.06. The summed E-state index contributed by atoms with van der Waals surface area (Å²) in [6.07, 6.45) is 2.51. The van der Waals surface area contributed by atoms with Crippen LogP contribution < -0.4 is 11.2 Å². The standard InChI is InChI=1S/C17H18N4O3/c1-19-15-14(16(23)20(2)17(19)24)21(11-18-15)10-6-9-13(22)12-7-4-3-5-8-12/h3-5,7-8,11H,6,9-10H2,1-2H3. The molecule has 0 unspecified atom stereocenters. The average Bonchev–Trinajstić information content (AvgIpc) is 3.03. The molecule has 0 radical (unpaired) electrons. The Balaban J connectivity index is 1.81. The molecule has 0 N–H and O–H groups in total. The number of rotatable bonds is 5. The number of benzene rings is 1. The lowest BCUT2D eigenvalue weighted by atomic mass is 10.1. The molecule has 3 aromatic rings. The Morgan fingerprint density at radius 2 is 1.79 bits per heavy atom. The second kappa shape index (κ2) is 6.27. The van der Waals surface area contributed by atoms with Gasteiger partial charge in [-0.25, -0.2) is 9.78 Å². The van der Waals surface area contributed by atoms with Crippen LogP contribution in [0.25, 0.3) is 11.2 Å². The predicted molar refractivity (Wildman–Crippen MR) is 90.2 cm³/mol. The maximum atomic E-state index is 12.3. The van der Waals surface area contributed by atoms with Gasteiger partial charge in [0, 0.05) is 32.6 Å². The van der Waals surface area contributed by atoms with E-state index < -0.39 is 5.69 Å². The lowest BCUT2D eigenvalue weighted by Crippen LogP contribution is -2.37. The Bertz CT molecular complexity index is 1010. The molecule has 0 aliphatic heterocycles. The van der Waals surface area contributed by atoms with Crippen LogP contribution in [-0.2, 0) is 20.6 Å². The summed E-state index contributed by atoms with van der Waals surface area (Å²) in [6.45, 7) is 0.489. The number of Topliss-reactive ketones (excluding diaryl/α,β-unsaturated/α-hetero) is 1. The first-order valence-corrected chi connectivity index (χ1v) is 7.70. The van der Waals surface area contributed by atoms with Gasteiger partial charge >= 0.3 is 5.69 Å². The Morgan fingerprint density at radius 1 is 1.08 bits per heavy atom. The summed E-state index contributed by atoms with van der Waals surface area (Å²) in [5.41, 5.74) is 0.646. The van der Waals surface area contributed by atoms with Crippen molar-refractivity contribution in [3.8, 4) is 0 Å². The zero-order valence-electron chi connectivity index (χ0n) is 13.6. The molecule has 0 aliphatic carbocycles. The van der Waals surface area contributed by atoms with Crippen LogP contribution >= 0.6 is 0 Å². The largest absolute Gasteiger partial charge is 0.332 e. The first kappa shape index (κ1) is 15.9. The Kier molecular flexibility index (Phi) is 4.16. The fraction of sp³-hybridized carbons (Fsp3) is 0.294. The molecule has 124 valence electrons. The minimum Gasteiger partial charge on any atom is -0.325 e. The highest BCUT2D eigenvalue weighted by molar-refractivity contribution is 5.95. The van der Waals surface area contributed by atoms with Crippen LogP contribution in [0.3, 0.4) is 0 Å². The molecule has 0 aliphatic rings. The maximum absolute atomic E-state index is 12.3. The van der Waals surface area contributed by atoms with E-state index in [1.165, 1.54) is 11.6 Å². The van der Waals surface area contributed by atoms with Gasteiger partial charge in [-0.15, -0.1) is 0 Å². The topological polar surface area (TPSA) is 78.9 Å². The molecule has 3 rings (SSSR count). The van der Waals surface area contributed by atoms with Crippen LogP contribution in [0.1, 0.15) is 23.2 Å². The SMILES string of the molecule is Cn1c(=O)c2c(ncn2CCCC(=O)c2ccccc2)n(C)c1=O. The maximum Gasteiger partial charge on any atom is 0.332 e.